The molecule has 1 heterocycles. The molecule has 0 aromatic heterocycles. The molecule has 0 radical (unpaired) electrons. The lowest BCUT2D eigenvalue weighted by Crippen LogP contribution is -2.63. The summed E-state index contributed by atoms with van der Waals surface area (Å²) < 4.78 is 0. The minimum atomic E-state index is 0.363. The van der Waals surface area contributed by atoms with E-state index in [2.05, 4.69) is 50.1 Å². The van der Waals surface area contributed by atoms with Gasteiger partial charge in [0.1, 0.15) is 0 Å². The van der Waals surface area contributed by atoms with E-state index in [1.807, 2.05) is 0 Å². The molecule has 17 heavy (non-hydrogen) atoms. The Morgan fingerprint density at radius 3 is 2.53 bits per heavy atom. The van der Waals surface area contributed by atoms with Crippen molar-refractivity contribution in [2.24, 2.45) is 0 Å². The summed E-state index contributed by atoms with van der Waals surface area (Å²) in [6.45, 7) is 12.6. The van der Waals surface area contributed by atoms with Gasteiger partial charge in [-0.05, 0) is 32.6 Å². The topological polar surface area (TPSA) is 15.3 Å². The summed E-state index contributed by atoms with van der Waals surface area (Å²) in [5.74, 6) is 0. The first-order valence-corrected chi connectivity index (χ1v) is 7.31. The summed E-state index contributed by atoms with van der Waals surface area (Å²) in [7, 11) is 0. The van der Waals surface area contributed by atoms with E-state index in [0.717, 1.165) is 12.6 Å². The molecule has 1 atom stereocenters. The van der Waals surface area contributed by atoms with E-state index in [1.54, 1.807) is 0 Å². The Balaban J connectivity index is 2.60. The lowest BCUT2D eigenvalue weighted by molar-refractivity contribution is 0.0722. The van der Waals surface area contributed by atoms with Crippen LogP contribution in [0.3, 0.4) is 0 Å². The van der Waals surface area contributed by atoms with Crippen LogP contribution in [-0.2, 0) is 0 Å². The predicted octanol–water partition coefficient (Wildman–Crippen LogP) is 3.20. The van der Waals surface area contributed by atoms with Crippen molar-refractivity contribution in [1.82, 2.24) is 10.2 Å². The smallest absolute Gasteiger partial charge is 0.0304 e. The van der Waals surface area contributed by atoms with E-state index in [1.165, 1.54) is 38.8 Å². The van der Waals surface area contributed by atoms with Gasteiger partial charge in [0.25, 0.3) is 0 Å². The van der Waals surface area contributed by atoms with Crippen LogP contribution in [0.5, 0.6) is 0 Å². The molecule has 0 aromatic carbocycles. The van der Waals surface area contributed by atoms with Crippen LogP contribution in [-0.4, -0.2) is 36.1 Å². The minimum absolute atomic E-state index is 0.363. The highest BCUT2D eigenvalue weighted by molar-refractivity contribution is 4.96. The van der Waals surface area contributed by atoms with Crippen LogP contribution < -0.4 is 5.32 Å². The van der Waals surface area contributed by atoms with Crippen LogP contribution in [0.25, 0.3) is 0 Å². The second-order valence-corrected chi connectivity index (χ2v) is 5.26. The lowest BCUT2D eigenvalue weighted by atomic mass is 9.88. The largest absolute Gasteiger partial charge is 0.308 e. The number of hydrogen-bond donors (Lipinski definition) is 1. The van der Waals surface area contributed by atoms with E-state index in [4.69, 9.17) is 0 Å². The maximum absolute atomic E-state index is 3.79. The summed E-state index contributed by atoms with van der Waals surface area (Å²) in [5.41, 5.74) is 0.363. The van der Waals surface area contributed by atoms with Gasteiger partial charge >= 0.3 is 0 Å². The van der Waals surface area contributed by atoms with Gasteiger partial charge in [-0.1, -0.05) is 32.9 Å². The number of nitrogens with zero attached hydrogens (tertiary/aromatic N) is 1. The van der Waals surface area contributed by atoms with E-state index in [0.29, 0.717) is 5.54 Å². The van der Waals surface area contributed by atoms with Gasteiger partial charge in [0.2, 0.25) is 0 Å². The molecule has 0 spiro atoms. The lowest BCUT2D eigenvalue weighted by Gasteiger charge is -2.47. The monoisotopic (exact) mass is 238 g/mol. The summed E-state index contributed by atoms with van der Waals surface area (Å²) in [6.07, 6.45) is 9.37. The van der Waals surface area contributed by atoms with Crippen molar-refractivity contribution in [3.8, 4) is 0 Å². The Hall–Kier alpha value is -0.340. The zero-order valence-corrected chi connectivity index (χ0v) is 12.1. The molecule has 100 valence electrons. The van der Waals surface area contributed by atoms with Crippen LogP contribution in [0.4, 0.5) is 0 Å². The minimum Gasteiger partial charge on any atom is -0.308 e. The first-order chi connectivity index (χ1) is 8.21. The van der Waals surface area contributed by atoms with Gasteiger partial charge in [-0.15, -0.1) is 0 Å². The number of allylic oxidation sites excluding steroid dienone is 1. The fourth-order valence-electron chi connectivity index (χ4n) is 2.83. The van der Waals surface area contributed by atoms with Gasteiger partial charge in [-0.25, -0.2) is 0 Å². The van der Waals surface area contributed by atoms with E-state index in [-0.39, 0.29) is 0 Å². The molecule has 0 saturated carbocycles. The van der Waals surface area contributed by atoms with Gasteiger partial charge < -0.3 is 5.32 Å². The maximum atomic E-state index is 3.79. The van der Waals surface area contributed by atoms with Crippen LogP contribution in [0.15, 0.2) is 12.2 Å². The molecular formula is C15H30N2. The fourth-order valence-corrected chi connectivity index (χ4v) is 2.83. The van der Waals surface area contributed by atoms with Gasteiger partial charge in [-0.2, -0.15) is 0 Å². The SMILES string of the molecule is C/C=C/CCN1CC(CC)(CC)NCC1CC. The molecule has 1 aliphatic heterocycles. The van der Waals surface area contributed by atoms with Crippen molar-refractivity contribution in [1.29, 1.82) is 0 Å². The molecule has 0 aromatic rings. The molecule has 2 nitrogen and oxygen atoms in total. The molecule has 1 saturated heterocycles. The van der Waals surface area contributed by atoms with Crippen molar-refractivity contribution < 1.29 is 0 Å². The average Bonchev–Trinajstić information content (AvgIpc) is 2.39. The van der Waals surface area contributed by atoms with Crippen molar-refractivity contribution in [3.05, 3.63) is 12.2 Å². The Morgan fingerprint density at radius 1 is 1.29 bits per heavy atom. The number of piperazine rings is 1. The summed E-state index contributed by atoms with van der Waals surface area (Å²) in [4.78, 5) is 2.70. The van der Waals surface area contributed by atoms with Crippen LogP contribution in [0.2, 0.25) is 0 Å². The zero-order valence-electron chi connectivity index (χ0n) is 12.1. The van der Waals surface area contributed by atoms with Gasteiger partial charge in [-0.3, -0.25) is 4.90 Å². The van der Waals surface area contributed by atoms with Crippen molar-refractivity contribution >= 4 is 0 Å². The molecule has 1 N–H and O–H groups in total. The molecule has 1 rings (SSSR count). The first-order valence-electron chi connectivity index (χ1n) is 7.31. The highest BCUT2D eigenvalue weighted by Crippen LogP contribution is 2.23. The van der Waals surface area contributed by atoms with E-state index in [9.17, 15) is 0 Å². The zero-order chi connectivity index (χ0) is 12.7. The molecular weight excluding hydrogens is 208 g/mol. The van der Waals surface area contributed by atoms with Gasteiger partial charge in [0.15, 0.2) is 0 Å². The molecule has 0 amide bonds. The molecule has 0 aliphatic carbocycles. The fraction of sp³-hybridized carbons (Fsp3) is 0.867. The second-order valence-electron chi connectivity index (χ2n) is 5.26. The first kappa shape index (κ1) is 14.7. The predicted molar refractivity (Wildman–Crippen MR) is 76.4 cm³/mol. The highest BCUT2D eigenvalue weighted by Gasteiger charge is 2.35. The molecule has 1 unspecified atom stereocenters. The van der Waals surface area contributed by atoms with Crippen molar-refractivity contribution in [3.63, 3.8) is 0 Å². The van der Waals surface area contributed by atoms with E-state index >= 15 is 0 Å². The average molecular weight is 238 g/mol. The molecule has 2 heteroatoms. The standard InChI is InChI=1S/C15H30N2/c1-5-9-10-11-17-13-15(7-3,8-4)16-12-14(17)6-2/h5,9,14,16H,6-8,10-13H2,1-4H3/b9-5+. The number of rotatable bonds is 6. The van der Waals surface area contributed by atoms with Crippen LogP contribution in [0.1, 0.15) is 53.4 Å². The van der Waals surface area contributed by atoms with Crippen molar-refractivity contribution in [2.45, 2.75) is 65.0 Å². The number of hydrogen-bond acceptors (Lipinski definition) is 2. The third-order valence-corrected chi connectivity index (χ3v) is 4.38. The van der Waals surface area contributed by atoms with Gasteiger partial charge in [0, 0.05) is 31.2 Å². The normalized spacial score (nSPS) is 25.5. The molecule has 1 fully saturated rings. The summed E-state index contributed by atoms with van der Waals surface area (Å²) in [6, 6.07) is 0.728. The quantitative estimate of drug-likeness (QED) is 0.715. The second kappa shape index (κ2) is 7.17. The van der Waals surface area contributed by atoms with Crippen LogP contribution in [0, 0.1) is 0 Å². The maximum Gasteiger partial charge on any atom is 0.0304 e. The van der Waals surface area contributed by atoms with Crippen molar-refractivity contribution in [2.75, 3.05) is 19.6 Å². The Labute approximate surface area is 107 Å². The molecule has 0 bridgehead atoms. The third kappa shape index (κ3) is 3.82. The Morgan fingerprint density at radius 2 is 2.00 bits per heavy atom. The third-order valence-electron chi connectivity index (χ3n) is 4.38. The number of nitrogens with one attached hydrogen (secondary N) is 1. The summed E-state index contributed by atoms with van der Waals surface area (Å²) >= 11 is 0. The summed E-state index contributed by atoms with van der Waals surface area (Å²) in [5, 5.41) is 3.79. The van der Waals surface area contributed by atoms with Crippen LogP contribution >= 0.6 is 0 Å². The Kier molecular flexibility index (Phi) is 6.21. The van der Waals surface area contributed by atoms with Gasteiger partial charge in [0.05, 0.1) is 0 Å². The van der Waals surface area contributed by atoms with E-state index < -0.39 is 0 Å². The highest BCUT2D eigenvalue weighted by atomic mass is 15.2. The molecule has 1 aliphatic rings. The Bertz CT molecular complexity index is 231.